The minimum atomic E-state index is -1.42. The molecule has 0 saturated carbocycles. The predicted molar refractivity (Wildman–Crippen MR) is 79.1 cm³/mol. The summed E-state index contributed by atoms with van der Waals surface area (Å²) in [6.45, 7) is 4.24. The molecule has 0 saturated heterocycles. The van der Waals surface area contributed by atoms with E-state index in [9.17, 15) is 14.4 Å². The molecule has 0 heterocycles. The molecule has 22 heavy (non-hydrogen) atoms. The molecule has 120 valence electrons. The van der Waals surface area contributed by atoms with Gasteiger partial charge in [0.1, 0.15) is 18.2 Å². The van der Waals surface area contributed by atoms with Gasteiger partial charge in [0.2, 0.25) is 5.91 Å². The van der Waals surface area contributed by atoms with Crippen molar-refractivity contribution in [3.8, 4) is 0 Å². The highest BCUT2D eigenvalue weighted by Crippen LogP contribution is 2.03. The summed E-state index contributed by atoms with van der Waals surface area (Å²) in [4.78, 5) is 34.4. The first-order valence-electron chi connectivity index (χ1n) is 6.75. The van der Waals surface area contributed by atoms with E-state index in [1.54, 1.807) is 12.1 Å². The molecule has 0 aliphatic carbocycles. The highest BCUT2D eigenvalue weighted by Gasteiger charge is 2.31. The fourth-order valence-electron chi connectivity index (χ4n) is 1.48. The van der Waals surface area contributed by atoms with Gasteiger partial charge in [-0.3, -0.25) is 4.79 Å². The first kappa shape index (κ1) is 17.5. The molecular weight excluding hydrogens is 288 g/mol. The lowest BCUT2D eigenvalue weighted by atomic mass is 10.1. The fraction of sp³-hybridized carbons (Fsp3) is 0.400. The van der Waals surface area contributed by atoms with Crippen LogP contribution in [0.5, 0.6) is 0 Å². The van der Waals surface area contributed by atoms with E-state index in [2.05, 4.69) is 10.6 Å². The van der Waals surface area contributed by atoms with Crippen molar-refractivity contribution in [1.29, 1.82) is 0 Å². The van der Waals surface area contributed by atoms with Gasteiger partial charge in [-0.15, -0.1) is 0 Å². The summed E-state index contributed by atoms with van der Waals surface area (Å²) in [6, 6.07) is 8.18. The minimum Gasteiger partial charge on any atom is -0.480 e. The van der Waals surface area contributed by atoms with Crippen LogP contribution in [-0.2, 0) is 20.9 Å². The number of carboxylic acid groups (broad SMARTS) is 1. The smallest absolute Gasteiger partial charge is 0.408 e. The summed E-state index contributed by atoms with van der Waals surface area (Å²) in [5, 5.41) is 13.6. The van der Waals surface area contributed by atoms with E-state index in [1.165, 1.54) is 20.8 Å². The molecule has 1 unspecified atom stereocenters. The summed E-state index contributed by atoms with van der Waals surface area (Å²) in [5.41, 5.74) is -0.595. The number of amides is 2. The topological polar surface area (TPSA) is 105 Å². The van der Waals surface area contributed by atoms with Crippen LogP contribution in [0, 0.1) is 0 Å². The Balaban J connectivity index is 2.43. The second-order valence-electron chi connectivity index (χ2n) is 5.35. The Morgan fingerprint density at radius 3 is 2.36 bits per heavy atom. The molecule has 0 aliphatic rings. The molecule has 0 spiro atoms. The fourth-order valence-corrected chi connectivity index (χ4v) is 1.48. The number of nitrogens with one attached hydrogen (secondary N) is 2. The SMILES string of the molecule is CC(NC(=O)OCc1ccccc1)C(=O)NC(C)(C)C(=O)O. The van der Waals surface area contributed by atoms with Crippen LogP contribution in [-0.4, -0.2) is 34.7 Å². The van der Waals surface area contributed by atoms with Crippen LogP contribution in [0.1, 0.15) is 26.3 Å². The number of hydrogen-bond acceptors (Lipinski definition) is 4. The van der Waals surface area contributed by atoms with Crippen LogP contribution in [0.15, 0.2) is 30.3 Å². The second kappa shape index (κ2) is 7.44. The third-order valence-electron chi connectivity index (χ3n) is 2.91. The predicted octanol–water partition coefficient (Wildman–Crippen LogP) is 1.28. The van der Waals surface area contributed by atoms with Crippen LogP contribution in [0.25, 0.3) is 0 Å². The number of aliphatic carboxylic acids is 1. The summed E-state index contributed by atoms with van der Waals surface area (Å²) in [5.74, 6) is -1.77. The first-order chi connectivity index (χ1) is 10.2. The maximum Gasteiger partial charge on any atom is 0.408 e. The average molecular weight is 308 g/mol. The van der Waals surface area contributed by atoms with Crippen LogP contribution in [0.3, 0.4) is 0 Å². The highest BCUT2D eigenvalue weighted by atomic mass is 16.5. The average Bonchev–Trinajstić information content (AvgIpc) is 2.45. The largest absolute Gasteiger partial charge is 0.480 e. The molecule has 1 aromatic rings. The molecule has 0 radical (unpaired) electrons. The zero-order valence-corrected chi connectivity index (χ0v) is 12.8. The van der Waals surface area contributed by atoms with Gasteiger partial charge in [0.25, 0.3) is 0 Å². The third kappa shape index (κ3) is 5.43. The van der Waals surface area contributed by atoms with E-state index in [1.807, 2.05) is 18.2 Å². The lowest BCUT2D eigenvalue weighted by Crippen LogP contribution is -2.55. The van der Waals surface area contributed by atoms with Gasteiger partial charge < -0.3 is 20.5 Å². The van der Waals surface area contributed by atoms with Crippen LogP contribution >= 0.6 is 0 Å². The van der Waals surface area contributed by atoms with E-state index in [0.29, 0.717) is 0 Å². The molecule has 0 aliphatic heterocycles. The van der Waals surface area contributed by atoms with Crippen LogP contribution in [0.4, 0.5) is 4.79 Å². The molecule has 1 atom stereocenters. The molecule has 0 aromatic heterocycles. The molecule has 0 fully saturated rings. The Labute approximate surface area is 128 Å². The Bertz CT molecular complexity index is 542. The third-order valence-corrected chi connectivity index (χ3v) is 2.91. The number of ether oxygens (including phenoxy) is 1. The van der Waals surface area contributed by atoms with Crippen molar-refractivity contribution >= 4 is 18.0 Å². The van der Waals surface area contributed by atoms with Gasteiger partial charge in [0.05, 0.1) is 0 Å². The van der Waals surface area contributed by atoms with Crippen LogP contribution in [0.2, 0.25) is 0 Å². The van der Waals surface area contributed by atoms with Gasteiger partial charge in [-0.05, 0) is 26.3 Å². The summed E-state index contributed by atoms with van der Waals surface area (Å²) in [7, 11) is 0. The highest BCUT2D eigenvalue weighted by molar-refractivity contribution is 5.90. The molecular formula is C15H20N2O5. The number of benzene rings is 1. The van der Waals surface area contributed by atoms with Gasteiger partial charge in [-0.1, -0.05) is 30.3 Å². The molecule has 1 aromatic carbocycles. The molecule has 3 N–H and O–H groups in total. The van der Waals surface area contributed by atoms with Crippen molar-refractivity contribution in [2.75, 3.05) is 0 Å². The first-order valence-corrected chi connectivity index (χ1v) is 6.75. The van der Waals surface area contributed by atoms with Gasteiger partial charge in [0.15, 0.2) is 0 Å². The van der Waals surface area contributed by atoms with Crippen molar-refractivity contribution < 1.29 is 24.2 Å². The Kier molecular flexibility index (Phi) is 5.91. The van der Waals surface area contributed by atoms with E-state index < -0.39 is 29.6 Å². The Hall–Kier alpha value is -2.57. The molecule has 1 rings (SSSR count). The van der Waals surface area contributed by atoms with Crippen molar-refractivity contribution in [2.24, 2.45) is 0 Å². The van der Waals surface area contributed by atoms with Crippen molar-refractivity contribution in [2.45, 2.75) is 39.0 Å². The molecule has 2 amide bonds. The second-order valence-corrected chi connectivity index (χ2v) is 5.35. The van der Waals surface area contributed by atoms with E-state index >= 15 is 0 Å². The normalized spacial score (nSPS) is 12.1. The Morgan fingerprint density at radius 1 is 1.23 bits per heavy atom. The molecule has 0 bridgehead atoms. The summed E-state index contributed by atoms with van der Waals surface area (Å²) < 4.78 is 4.98. The number of carboxylic acids is 1. The van der Waals surface area contributed by atoms with E-state index in [0.717, 1.165) is 5.56 Å². The Morgan fingerprint density at radius 2 is 1.82 bits per heavy atom. The molecule has 7 heteroatoms. The van der Waals surface area contributed by atoms with Gasteiger partial charge in [-0.25, -0.2) is 9.59 Å². The van der Waals surface area contributed by atoms with Gasteiger partial charge in [-0.2, -0.15) is 0 Å². The minimum absolute atomic E-state index is 0.0850. The van der Waals surface area contributed by atoms with E-state index in [4.69, 9.17) is 9.84 Å². The maximum atomic E-state index is 11.8. The quantitative estimate of drug-likeness (QED) is 0.734. The van der Waals surface area contributed by atoms with Crippen molar-refractivity contribution in [1.82, 2.24) is 10.6 Å². The standard InChI is InChI=1S/C15H20N2O5/c1-10(12(18)17-15(2,3)13(19)20)16-14(21)22-9-11-7-5-4-6-8-11/h4-8,10H,9H2,1-3H3,(H,16,21)(H,17,18)(H,19,20). The lowest BCUT2D eigenvalue weighted by molar-refractivity contribution is -0.146. The lowest BCUT2D eigenvalue weighted by Gasteiger charge is -2.23. The van der Waals surface area contributed by atoms with Gasteiger partial charge in [0, 0.05) is 0 Å². The maximum absolute atomic E-state index is 11.8. The zero-order valence-electron chi connectivity index (χ0n) is 12.8. The summed E-state index contributed by atoms with van der Waals surface area (Å²) >= 11 is 0. The van der Waals surface area contributed by atoms with Gasteiger partial charge >= 0.3 is 12.1 Å². The van der Waals surface area contributed by atoms with E-state index in [-0.39, 0.29) is 6.61 Å². The number of alkyl carbamates (subject to hydrolysis) is 1. The molecule has 7 nitrogen and oxygen atoms in total. The number of carbonyl (C=O) groups is 3. The zero-order chi connectivity index (χ0) is 16.8. The number of rotatable bonds is 6. The van der Waals surface area contributed by atoms with Crippen molar-refractivity contribution in [3.63, 3.8) is 0 Å². The number of carbonyl (C=O) groups excluding carboxylic acids is 2. The number of hydrogen-bond donors (Lipinski definition) is 3. The monoisotopic (exact) mass is 308 g/mol. The summed E-state index contributed by atoms with van der Waals surface area (Å²) in [6.07, 6.45) is -0.750. The van der Waals surface area contributed by atoms with Crippen molar-refractivity contribution in [3.05, 3.63) is 35.9 Å². The van der Waals surface area contributed by atoms with Crippen LogP contribution < -0.4 is 10.6 Å².